The van der Waals surface area contributed by atoms with Gasteiger partial charge < -0.3 is 19.6 Å². The third-order valence-corrected chi connectivity index (χ3v) is 6.91. The van der Waals surface area contributed by atoms with E-state index in [1.165, 1.54) is 12.0 Å². The molecular weight excluding hydrogens is 444 g/mol. The van der Waals surface area contributed by atoms with Gasteiger partial charge in [0, 0.05) is 43.7 Å². The number of carbonyl (C=O) groups is 2. The molecular formula is C27H34N4O4. The highest BCUT2D eigenvalue weighted by atomic mass is 16.5. The third-order valence-electron chi connectivity index (χ3n) is 6.91. The largest absolute Gasteiger partial charge is 0.472 e. The number of nitrogens with zero attached hydrogens (tertiary/aromatic N) is 4. The van der Waals surface area contributed by atoms with Crippen LogP contribution in [0.5, 0.6) is 5.88 Å². The van der Waals surface area contributed by atoms with Gasteiger partial charge in [0.1, 0.15) is 11.7 Å². The summed E-state index contributed by atoms with van der Waals surface area (Å²) in [5.41, 5.74) is 3.09. The molecule has 1 aliphatic carbocycles. The molecule has 35 heavy (non-hydrogen) atoms. The van der Waals surface area contributed by atoms with Crippen LogP contribution < -0.4 is 4.74 Å². The molecule has 8 heteroatoms. The second kappa shape index (κ2) is 11.0. The van der Waals surface area contributed by atoms with E-state index >= 15 is 0 Å². The number of hydrogen-bond donors (Lipinski definition) is 1. The van der Waals surface area contributed by atoms with Crippen LogP contribution in [0.25, 0.3) is 5.57 Å². The maximum absolute atomic E-state index is 13.6. The molecule has 1 aliphatic heterocycles. The van der Waals surface area contributed by atoms with Crippen molar-refractivity contribution in [2.75, 3.05) is 26.7 Å². The van der Waals surface area contributed by atoms with Gasteiger partial charge in [-0.15, -0.1) is 0 Å². The summed E-state index contributed by atoms with van der Waals surface area (Å²) in [4.78, 5) is 38.4. The van der Waals surface area contributed by atoms with Crippen LogP contribution in [0.3, 0.4) is 0 Å². The molecule has 0 saturated carbocycles. The fourth-order valence-corrected chi connectivity index (χ4v) is 4.66. The molecule has 2 aromatic rings. The van der Waals surface area contributed by atoms with E-state index in [4.69, 9.17) is 4.74 Å². The Hall–Kier alpha value is -3.26. The zero-order valence-electron chi connectivity index (χ0n) is 20.7. The van der Waals surface area contributed by atoms with Crippen LogP contribution in [-0.4, -0.2) is 75.6 Å². The van der Waals surface area contributed by atoms with E-state index in [1.807, 2.05) is 19.9 Å². The van der Waals surface area contributed by atoms with E-state index in [1.54, 1.807) is 47.6 Å². The minimum absolute atomic E-state index is 0.101. The lowest BCUT2D eigenvalue weighted by Crippen LogP contribution is -2.50. The van der Waals surface area contributed by atoms with Gasteiger partial charge in [-0.1, -0.05) is 13.0 Å². The van der Waals surface area contributed by atoms with E-state index in [0.29, 0.717) is 24.2 Å². The number of rotatable bonds is 6. The van der Waals surface area contributed by atoms with Gasteiger partial charge in [-0.05, 0) is 61.9 Å². The number of likely N-dealkylation sites (N-methyl/N-ethyl adjacent to an activating group) is 1. The topological polar surface area (TPSA) is 95.9 Å². The van der Waals surface area contributed by atoms with Crippen molar-refractivity contribution < 1.29 is 19.4 Å². The normalized spacial score (nSPS) is 21.2. The summed E-state index contributed by atoms with van der Waals surface area (Å²) in [6.45, 7) is 4.41. The fraction of sp³-hybridized carbons (Fsp3) is 0.481. The number of aliphatic hydroxyl groups is 1. The van der Waals surface area contributed by atoms with Gasteiger partial charge in [0.2, 0.25) is 5.88 Å². The zero-order valence-corrected chi connectivity index (χ0v) is 20.7. The maximum Gasteiger partial charge on any atom is 0.259 e. The van der Waals surface area contributed by atoms with Crippen LogP contribution in [0.15, 0.2) is 42.9 Å². The van der Waals surface area contributed by atoms with Gasteiger partial charge in [0.25, 0.3) is 11.8 Å². The Kier molecular flexibility index (Phi) is 7.80. The molecule has 2 aromatic heterocycles. The van der Waals surface area contributed by atoms with Crippen LogP contribution >= 0.6 is 0 Å². The van der Waals surface area contributed by atoms with Crippen molar-refractivity contribution in [2.45, 2.75) is 51.7 Å². The molecule has 0 spiro atoms. The van der Waals surface area contributed by atoms with Crippen LogP contribution in [-0.2, 0) is 0 Å². The highest BCUT2D eigenvalue weighted by molar-refractivity contribution is 5.97. The van der Waals surface area contributed by atoms with Gasteiger partial charge in [-0.2, -0.15) is 0 Å². The lowest BCUT2D eigenvalue weighted by Gasteiger charge is -2.37. The number of fused-ring (bicyclic) bond motifs is 1. The van der Waals surface area contributed by atoms with Crippen LogP contribution in [0.2, 0.25) is 0 Å². The molecule has 2 amide bonds. The van der Waals surface area contributed by atoms with E-state index in [0.717, 1.165) is 24.8 Å². The number of ether oxygens (including phenoxy) is 1. The summed E-state index contributed by atoms with van der Waals surface area (Å²) in [6, 6.07) is 4.88. The highest BCUT2D eigenvalue weighted by Crippen LogP contribution is 2.32. The Bertz CT molecular complexity index is 1090. The van der Waals surface area contributed by atoms with Crippen LogP contribution in [0, 0.1) is 5.92 Å². The molecule has 3 atom stereocenters. The first-order valence-corrected chi connectivity index (χ1v) is 12.3. The van der Waals surface area contributed by atoms with E-state index < -0.39 is 6.10 Å². The smallest absolute Gasteiger partial charge is 0.259 e. The van der Waals surface area contributed by atoms with Gasteiger partial charge in [0.15, 0.2) is 0 Å². The SMILES string of the molecule is C[C@H](CO)N1C[C@H](C)[C@H](CN(C)C(=O)c2ccncc2)Oc2ncc(C3=CCCCC3)cc2C1=O. The van der Waals surface area contributed by atoms with Crippen molar-refractivity contribution in [3.05, 3.63) is 59.6 Å². The number of carbonyl (C=O) groups excluding carboxylic acids is 2. The first kappa shape index (κ1) is 24.9. The van der Waals surface area contributed by atoms with E-state index in [2.05, 4.69) is 16.0 Å². The predicted molar refractivity (Wildman–Crippen MR) is 133 cm³/mol. The molecule has 0 radical (unpaired) electrons. The third kappa shape index (κ3) is 5.53. The van der Waals surface area contributed by atoms with Gasteiger partial charge in [0.05, 0.1) is 19.2 Å². The molecule has 0 aromatic carbocycles. The van der Waals surface area contributed by atoms with Crippen molar-refractivity contribution >= 4 is 17.4 Å². The molecule has 8 nitrogen and oxygen atoms in total. The summed E-state index contributed by atoms with van der Waals surface area (Å²) in [5, 5.41) is 9.86. The van der Waals surface area contributed by atoms with Crippen molar-refractivity contribution in [3.8, 4) is 5.88 Å². The lowest BCUT2D eigenvalue weighted by atomic mass is 9.93. The molecule has 186 valence electrons. The second-order valence-electron chi connectivity index (χ2n) is 9.60. The van der Waals surface area contributed by atoms with Crippen LogP contribution in [0.1, 0.15) is 65.8 Å². The van der Waals surface area contributed by atoms with Crippen LogP contribution in [0.4, 0.5) is 0 Å². The first-order valence-electron chi connectivity index (χ1n) is 12.3. The molecule has 2 aliphatic rings. The quantitative estimate of drug-likeness (QED) is 0.684. The minimum atomic E-state index is -0.390. The first-order chi connectivity index (χ1) is 16.9. The minimum Gasteiger partial charge on any atom is -0.472 e. The second-order valence-corrected chi connectivity index (χ2v) is 9.60. The van der Waals surface area contributed by atoms with Gasteiger partial charge in [-0.25, -0.2) is 4.98 Å². The average Bonchev–Trinajstić information content (AvgIpc) is 2.90. The number of aromatic nitrogens is 2. The number of pyridine rings is 2. The summed E-state index contributed by atoms with van der Waals surface area (Å²) in [6.07, 6.45) is 11.1. The molecule has 0 unspecified atom stereocenters. The molecule has 4 rings (SSSR count). The van der Waals surface area contributed by atoms with Gasteiger partial charge >= 0.3 is 0 Å². The molecule has 0 saturated heterocycles. The van der Waals surface area contributed by atoms with Crippen molar-refractivity contribution in [1.82, 2.24) is 19.8 Å². The predicted octanol–water partition coefficient (Wildman–Crippen LogP) is 3.43. The molecule has 3 heterocycles. The lowest BCUT2D eigenvalue weighted by molar-refractivity contribution is 0.0313. The standard InChI is InChI=1S/C27H34N4O4/c1-18-15-31(19(2)17-32)27(34)23-13-22(20-7-5-4-6-8-20)14-29-25(23)35-24(18)16-30(3)26(33)21-9-11-28-12-10-21/h7,9-14,18-19,24,32H,4-6,8,15-17H2,1-3H3/t18-,19+,24-/m0/s1. The van der Waals surface area contributed by atoms with Crippen molar-refractivity contribution in [2.24, 2.45) is 5.92 Å². The molecule has 0 fully saturated rings. The van der Waals surface area contributed by atoms with E-state index in [-0.39, 0.29) is 36.3 Å². The Labute approximate surface area is 206 Å². The van der Waals surface area contributed by atoms with Crippen molar-refractivity contribution in [1.29, 1.82) is 0 Å². The number of hydrogen-bond acceptors (Lipinski definition) is 6. The highest BCUT2D eigenvalue weighted by Gasteiger charge is 2.35. The zero-order chi connectivity index (χ0) is 24.9. The summed E-state index contributed by atoms with van der Waals surface area (Å²) in [5.74, 6) is -0.156. The average molecular weight is 479 g/mol. The Balaban J connectivity index is 1.66. The summed E-state index contributed by atoms with van der Waals surface area (Å²) >= 11 is 0. The summed E-state index contributed by atoms with van der Waals surface area (Å²) < 4.78 is 6.33. The summed E-state index contributed by atoms with van der Waals surface area (Å²) in [7, 11) is 1.74. The Morgan fingerprint density at radius 2 is 2.09 bits per heavy atom. The van der Waals surface area contributed by atoms with Gasteiger partial charge in [-0.3, -0.25) is 14.6 Å². The monoisotopic (exact) mass is 478 g/mol. The molecule has 1 N–H and O–H groups in total. The Morgan fingerprint density at radius 1 is 1.31 bits per heavy atom. The fourth-order valence-electron chi connectivity index (χ4n) is 4.66. The van der Waals surface area contributed by atoms with Crippen molar-refractivity contribution in [3.63, 3.8) is 0 Å². The number of aliphatic hydroxyl groups excluding tert-OH is 1. The molecule has 0 bridgehead atoms. The number of amides is 2. The van der Waals surface area contributed by atoms with E-state index in [9.17, 15) is 14.7 Å². The number of allylic oxidation sites excluding steroid dienone is 2. The Morgan fingerprint density at radius 3 is 2.77 bits per heavy atom. The maximum atomic E-state index is 13.6.